The smallest absolute Gasteiger partial charge is 0.410 e. The highest BCUT2D eigenvalue weighted by Gasteiger charge is 2.29. The predicted octanol–water partition coefficient (Wildman–Crippen LogP) is 2.09. The molecule has 0 aliphatic carbocycles. The van der Waals surface area contributed by atoms with Gasteiger partial charge in [-0.25, -0.2) is 9.78 Å². The molecular weight excluding hydrogens is 288 g/mol. The molecule has 7 heteroatoms. The Labute approximate surface area is 130 Å². The second kappa shape index (κ2) is 6.19. The Hall–Kier alpha value is -1.34. The maximum Gasteiger partial charge on any atom is 0.410 e. The largest absolute Gasteiger partial charge is 0.444 e. The number of amides is 1. The summed E-state index contributed by atoms with van der Waals surface area (Å²) >= 11 is 1.65. The average molecular weight is 312 g/mol. The zero-order valence-corrected chi connectivity index (χ0v) is 14.2. The van der Waals surface area contributed by atoms with Crippen LogP contribution in [0.4, 0.5) is 9.93 Å². The van der Waals surface area contributed by atoms with E-state index in [1.807, 2.05) is 46.0 Å². The summed E-state index contributed by atoms with van der Waals surface area (Å²) in [5, 5.41) is 4.41. The molecule has 0 bridgehead atoms. The maximum absolute atomic E-state index is 12.2. The second-order valence-corrected chi connectivity index (χ2v) is 7.41. The van der Waals surface area contributed by atoms with Crippen LogP contribution in [0.5, 0.6) is 0 Å². The van der Waals surface area contributed by atoms with E-state index < -0.39 is 5.60 Å². The predicted molar refractivity (Wildman–Crippen MR) is 85.0 cm³/mol. The molecule has 0 spiro atoms. The van der Waals surface area contributed by atoms with Gasteiger partial charge in [-0.1, -0.05) is 0 Å². The van der Waals surface area contributed by atoms with Crippen LogP contribution >= 0.6 is 11.3 Å². The number of ether oxygens (including phenoxy) is 1. The Morgan fingerprint density at radius 2 is 2.24 bits per heavy atom. The Morgan fingerprint density at radius 1 is 1.52 bits per heavy atom. The maximum atomic E-state index is 12.2. The summed E-state index contributed by atoms with van der Waals surface area (Å²) in [5.41, 5.74) is -0.458. The SMILES string of the molecule is CN(C)c1ncc(C2CN(C(=O)OC(C)(C)C)CCN2)s1. The van der Waals surface area contributed by atoms with Gasteiger partial charge in [0.2, 0.25) is 0 Å². The standard InChI is InChI=1S/C14H24N4O2S/c1-14(2,3)20-13(19)18-7-6-15-10(9-18)11-8-16-12(21-11)17(4)5/h8,10,15H,6-7,9H2,1-5H3. The van der Waals surface area contributed by atoms with Crippen molar-refractivity contribution < 1.29 is 9.53 Å². The minimum Gasteiger partial charge on any atom is -0.444 e. The molecule has 1 N–H and O–H groups in total. The van der Waals surface area contributed by atoms with Crippen LogP contribution in [-0.2, 0) is 4.74 Å². The molecule has 1 fully saturated rings. The van der Waals surface area contributed by atoms with Gasteiger partial charge >= 0.3 is 6.09 Å². The van der Waals surface area contributed by atoms with Crippen molar-refractivity contribution in [3.05, 3.63) is 11.1 Å². The Morgan fingerprint density at radius 3 is 2.81 bits per heavy atom. The highest BCUT2D eigenvalue weighted by atomic mass is 32.1. The zero-order valence-electron chi connectivity index (χ0n) is 13.3. The molecule has 0 saturated carbocycles. The van der Waals surface area contributed by atoms with Crippen LogP contribution in [0.3, 0.4) is 0 Å². The number of carbonyl (C=O) groups is 1. The summed E-state index contributed by atoms with van der Waals surface area (Å²) < 4.78 is 5.44. The highest BCUT2D eigenvalue weighted by Crippen LogP contribution is 2.28. The van der Waals surface area contributed by atoms with Crippen molar-refractivity contribution in [1.29, 1.82) is 0 Å². The lowest BCUT2D eigenvalue weighted by atomic mass is 10.2. The minimum absolute atomic E-state index is 0.123. The van der Waals surface area contributed by atoms with Crippen molar-refractivity contribution in [2.24, 2.45) is 0 Å². The molecule has 1 aliphatic rings. The van der Waals surface area contributed by atoms with E-state index in [9.17, 15) is 4.79 Å². The first-order valence-corrected chi connectivity index (χ1v) is 7.92. The molecule has 0 aromatic carbocycles. The van der Waals surface area contributed by atoms with Crippen LogP contribution in [0.25, 0.3) is 0 Å². The molecular formula is C14H24N4O2S. The molecule has 1 saturated heterocycles. The Bertz CT molecular complexity index is 495. The van der Waals surface area contributed by atoms with Gasteiger partial charge in [0.25, 0.3) is 0 Å². The van der Waals surface area contributed by atoms with E-state index in [2.05, 4.69) is 10.3 Å². The number of hydrogen-bond donors (Lipinski definition) is 1. The van der Waals surface area contributed by atoms with Gasteiger partial charge in [-0.15, -0.1) is 11.3 Å². The third-order valence-corrected chi connectivity index (χ3v) is 4.34. The molecule has 118 valence electrons. The summed E-state index contributed by atoms with van der Waals surface area (Å²) in [6, 6.07) is 0.123. The van der Waals surface area contributed by atoms with Crippen LogP contribution in [0.1, 0.15) is 31.7 Å². The Kier molecular flexibility index (Phi) is 4.73. The zero-order chi connectivity index (χ0) is 15.6. The molecule has 6 nitrogen and oxygen atoms in total. The first-order valence-electron chi connectivity index (χ1n) is 7.10. The second-order valence-electron chi connectivity index (χ2n) is 6.37. The molecule has 2 rings (SSSR count). The van der Waals surface area contributed by atoms with Gasteiger partial charge in [-0.3, -0.25) is 0 Å². The van der Waals surface area contributed by atoms with Crippen LogP contribution in [0.2, 0.25) is 0 Å². The van der Waals surface area contributed by atoms with Gasteiger partial charge in [-0.05, 0) is 20.8 Å². The molecule has 1 aromatic heterocycles. The number of hydrogen-bond acceptors (Lipinski definition) is 6. The van der Waals surface area contributed by atoms with Crippen LogP contribution in [-0.4, -0.2) is 55.3 Å². The lowest BCUT2D eigenvalue weighted by molar-refractivity contribution is 0.0196. The third kappa shape index (κ3) is 4.31. The van der Waals surface area contributed by atoms with Crippen molar-refractivity contribution in [2.75, 3.05) is 38.6 Å². The monoisotopic (exact) mass is 312 g/mol. The lowest BCUT2D eigenvalue weighted by Gasteiger charge is -2.34. The molecule has 21 heavy (non-hydrogen) atoms. The number of nitrogens with one attached hydrogen (secondary N) is 1. The number of nitrogens with zero attached hydrogens (tertiary/aromatic N) is 3. The van der Waals surface area contributed by atoms with E-state index in [0.29, 0.717) is 13.1 Å². The van der Waals surface area contributed by atoms with E-state index in [1.165, 1.54) is 0 Å². The highest BCUT2D eigenvalue weighted by molar-refractivity contribution is 7.15. The van der Waals surface area contributed by atoms with Gasteiger partial charge in [0.05, 0.1) is 6.04 Å². The summed E-state index contributed by atoms with van der Waals surface area (Å²) in [6.45, 7) is 7.71. The Balaban J connectivity index is 2.01. The van der Waals surface area contributed by atoms with Crippen molar-refractivity contribution in [2.45, 2.75) is 32.4 Å². The van der Waals surface area contributed by atoms with Gasteiger partial charge in [0, 0.05) is 44.8 Å². The fourth-order valence-corrected chi connectivity index (χ4v) is 2.98. The summed E-state index contributed by atoms with van der Waals surface area (Å²) in [7, 11) is 3.95. The van der Waals surface area contributed by atoms with Crippen molar-refractivity contribution in [3.63, 3.8) is 0 Å². The topological polar surface area (TPSA) is 57.7 Å². The molecule has 1 unspecified atom stereocenters. The number of thiazole rings is 1. The number of anilines is 1. The first kappa shape index (κ1) is 16.0. The molecule has 0 radical (unpaired) electrons. The number of rotatable bonds is 2. The van der Waals surface area contributed by atoms with Crippen LogP contribution < -0.4 is 10.2 Å². The van der Waals surface area contributed by atoms with E-state index in [-0.39, 0.29) is 12.1 Å². The van der Waals surface area contributed by atoms with Crippen LogP contribution in [0, 0.1) is 0 Å². The van der Waals surface area contributed by atoms with Crippen molar-refractivity contribution >= 4 is 22.6 Å². The summed E-state index contributed by atoms with van der Waals surface area (Å²) in [4.78, 5) is 21.4. The van der Waals surface area contributed by atoms with E-state index in [1.54, 1.807) is 16.2 Å². The lowest BCUT2D eigenvalue weighted by Crippen LogP contribution is -2.49. The fourth-order valence-electron chi connectivity index (χ4n) is 2.08. The summed E-state index contributed by atoms with van der Waals surface area (Å²) in [6.07, 6.45) is 1.64. The van der Waals surface area contributed by atoms with Gasteiger partial charge < -0.3 is 19.9 Å². The van der Waals surface area contributed by atoms with Gasteiger partial charge in [0.15, 0.2) is 5.13 Å². The van der Waals surface area contributed by atoms with E-state index in [0.717, 1.165) is 16.6 Å². The quantitative estimate of drug-likeness (QED) is 0.906. The number of piperazine rings is 1. The van der Waals surface area contributed by atoms with Gasteiger partial charge in [0.1, 0.15) is 5.60 Å². The normalized spacial score (nSPS) is 19.5. The van der Waals surface area contributed by atoms with Crippen molar-refractivity contribution in [1.82, 2.24) is 15.2 Å². The third-order valence-electron chi connectivity index (χ3n) is 3.06. The van der Waals surface area contributed by atoms with Gasteiger partial charge in [-0.2, -0.15) is 0 Å². The van der Waals surface area contributed by atoms with E-state index >= 15 is 0 Å². The molecule has 1 amide bonds. The first-order chi connectivity index (χ1) is 9.76. The van der Waals surface area contributed by atoms with Crippen LogP contribution in [0.15, 0.2) is 6.20 Å². The number of aromatic nitrogens is 1. The average Bonchev–Trinajstić information content (AvgIpc) is 2.86. The van der Waals surface area contributed by atoms with Crippen molar-refractivity contribution in [3.8, 4) is 0 Å². The molecule has 1 atom stereocenters. The fraction of sp³-hybridized carbons (Fsp3) is 0.714. The molecule has 2 heterocycles. The summed E-state index contributed by atoms with van der Waals surface area (Å²) in [5.74, 6) is 0. The minimum atomic E-state index is -0.458. The molecule has 1 aliphatic heterocycles. The van der Waals surface area contributed by atoms with E-state index in [4.69, 9.17) is 4.74 Å². The molecule has 1 aromatic rings. The number of carbonyl (C=O) groups excluding carboxylic acids is 1.